The van der Waals surface area contributed by atoms with Gasteiger partial charge < -0.3 is 10.5 Å². The van der Waals surface area contributed by atoms with Crippen LogP contribution in [0.2, 0.25) is 5.02 Å². The summed E-state index contributed by atoms with van der Waals surface area (Å²) in [4.78, 5) is 11.3. The van der Waals surface area contributed by atoms with E-state index in [2.05, 4.69) is 9.46 Å². The first-order valence-electron chi connectivity index (χ1n) is 5.50. The molecule has 0 aliphatic carbocycles. The fourth-order valence-electron chi connectivity index (χ4n) is 1.31. The van der Waals surface area contributed by atoms with E-state index in [9.17, 15) is 13.2 Å². The van der Waals surface area contributed by atoms with Crippen LogP contribution in [-0.2, 0) is 19.6 Å². The van der Waals surface area contributed by atoms with Crippen molar-refractivity contribution >= 4 is 50.5 Å². The number of esters is 1. The van der Waals surface area contributed by atoms with E-state index in [0.717, 1.165) is 0 Å². The van der Waals surface area contributed by atoms with Crippen LogP contribution in [0.1, 0.15) is 12.5 Å². The first kappa shape index (κ1) is 16.7. The molecule has 0 atom stereocenters. The molecule has 1 aromatic rings. The topological polar surface area (TPSA) is 98.5 Å². The molecule has 3 N–H and O–H groups in total. The second-order valence-corrected chi connectivity index (χ2v) is 6.29. The summed E-state index contributed by atoms with van der Waals surface area (Å²) in [6.45, 7) is 1.70. The van der Waals surface area contributed by atoms with Crippen molar-refractivity contribution in [1.29, 1.82) is 0 Å². The van der Waals surface area contributed by atoms with Gasteiger partial charge in [0.15, 0.2) is 5.75 Å². The molecule has 110 valence electrons. The summed E-state index contributed by atoms with van der Waals surface area (Å²) in [5.74, 6) is -1.62. The van der Waals surface area contributed by atoms with E-state index in [4.69, 9.17) is 29.6 Å². The molecule has 0 saturated heterocycles. The molecule has 6 nitrogen and oxygen atoms in total. The minimum Gasteiger partial charge on any atom is -0.465 e. The summed E-state index contributed by atoms with van der Waals surface area (Å²) in [7, 11) is -3.88. The van der Waals surface area contributed by atoms with E-state index in [1.165, 1.54) is 18.2 Å². The Morgan fingerprint density at radius 3 is 2.65 bits per heavy atom. The second-order valence-electron chi connectivity index (χ2n) is 3.73. The molecule has 0 aromatic heterocycles. The molecular weight excluding hydrogens is 324 g/mol. The molecular formula is C11H13ClN2O4S2. The third-order valence-electron chi connectivity index (χ3n) is 2.13. The Morgan fingerprint density at radius 1 is 1.50 bits per heavy atom. The molecule has 0 amide bonds. The Balaban J connectivity index is 2.87. The van der Waals surface area contributed by atoms with Crippen molar-refractivity contribution in [2.24, 2.45) is 5.73 Å². The molecule has 9 heteroatoms. The molecule has 0 bridgehead atoms. The van der Waals surface area contributed by atoms with E-state index >= 15 is 0 Å². The van der Waals surface area contributed by atoms with E-state index in [1.54, 1.807) is 6.92 Å². The van der Waals surface area contributed by atoms with Gasteiger partial charge in [0.2, 0.25) is 10.0 Å². The number of nitrogens with one attached hydrogen (secondary N) is 1. The van der Waals surface area contributed by atoms with E-state index in [-0.39, 0.29) is 22.3 Å². The van der Waals surface area contributed by atoms with Crippen molar-refractivity contribution in [2.45, 2.75) is 6.92 Å². The van der Waals surface area contributed by atoms with Crippen molar-refractivity contribution in [3.8, 4) is 0 Å². The van der Waals surface area contributed by atoms with Gasteiger partial charge in [-0.2, -0.15) is 0 Å². The van der Waals surface area contributed by atoms with Gasteiger partial charge in [0.1, 0.15) is 4.99 Å². The Morgan fingerprint density at radius 2 is 2.15 bits per heavy atom. The lowest BCUT2D eigenvalue weighted by molar-refractivity contribution is -0.139. The molecule has 1 aromatic carbocycles. The quantitative estimate of drug-likeness (QED) is 0.599. The fourth-order valence-corrected chi connectivity index (χ4v) is 2.70. The largest absolute Gasteiger partial charge is 0.465 e. The molecule has 0 aliphatic rings. The normalized spacial score (nSPS) is 10.9. The Kier molecular flexibility index (Phi) is 5.73. The minimum atomic E-state index is -3.88. The number of thiocarbonyl (C=S) groups is 1. The number of sulfonamides is 1. The third kappa shape index (κ3) is 4.95. The van der Waals surface area contributed by atoms with Crippen molar-refractivity contribution in [1.82, 2.24) is 0 Å². The first-order valence-corrected chi connectivity index (χ1v) is 7.94. The summed E-state index contributed by atoms with van der Waals surface area (Å²) in [6.07, 6.45) is 0. The number of hydrogen-bond acceptors (Lipinski definition) is 5. The SMILES string of the molecule is CCOC(=O)CS(=O)(=O)Nc1ccc(C(N)=S)cc1Cl. The predicted molar refractivity (Wildman–Crippen MR) is 81.4 cm³/mol. The van der Waals surface area contributed by atoms with Crippen LogP contribution in [-0.4, -0.2) is 31.7 Å². The monoisotopic (exact) mass is 336 g/mol. The molecule has 20 heavy (non-hydrogen) atoms. The molecule has 0 unspecified atom stereocenters. The van der Waals surface area contributed by atoms with Crippen LogP contribution in [0.25, 0.3) is 0 Å². The molecule has 0 heterocycles. The van der Waals surface area contributed by atoms with Crippen molar-refractivity contribution in [3.05, 3.63) is 28.8 Å². The van der Waals surface area contributed by atoms with Gasteiger partial charge in [-0.25, -0.2) is 8.42 Å². The maximum Gasteiger partial charge on any atom is 0.323 e. The van der Waals surface area contributed by atoms with Crippen LogP contribution in [0.15, 0.2) is 18.2 Å². The number of rotatable bonds is 6. The lowest BCUT2D eigenvalue weighted by Gasteiger charge is -2.10. The summed E-state index contributed by atoms with van der Waals surface area (Å²) < 4.78 is 30.2. The lowest BCUT2D eigenvalue weighted by atomic mass is 10.2. The summed E-state index contributed by atoms with van der Waals surface area (Å²) >= 11 is 10.7. The van der Waals surface area contributed by atoms with Gasteiger partial charge in [-0.1, -0.05) is 23.8 Å². The number of anilines is 1. The zero-order valence-corrected chi connectivity index (χ0v) is 12.9. The zero-order chi connectivity index (χ0) is 15.3. The molecule has 0 saturated carbocycles. The smallest absolute Gasteiger partial charge is 0.323 e. The van der Waals surface area contributed by atoms with Crippen molar-refractivity contribution < 1.29 is 17.9 Å². The van der Waals surface area contributed by atoms with E-state index < -0.39 is 21.7 Å². The van der Waals surface area contributed by atoms with Gasteiger partial charge >= 0.3 is 5.97 Å². The predicted octanol–water partition coefficient (Wildman–Crippen LogP) is 1.28. The van der Waals surface area contributed by atoms with Gasteiger partial charge in [-0.3, -0.25) is 9.52 Å². The first-order chi connectivity index (χ1) is 9.25. The van der Waals surface area contributed by atoms with Crippen LogP contribution in [0.5, 0.6) is 0 Å². The van der Waals surface area contributed by atoms with Gasteiger partial charge in [-0.05, 0) is 25.1 Å². The highest BCUT2D eigenvalue weighted by atomic mass is 35.5. The highest BCUT2D eigenvalue weighted by Crippen LogP contribution is 2.24. The molecule has 1 rings (SSSR count). The molecule has 0 fully saturated rings. The average molecular weight is 337 g/mol. The van der Waals surface area contributed by atoms with Gasteiger partial charge in [-0.15, -0.1) is 0 Å². The number of ether oxygens (including phenoxy) is 1. The number of hydrogen-bond donors (Lipinski definition) is 2. The number of benzene rings is 1. The Hall–Kier alpha value is -1.38. The van der Waals surface area contributed by atoms with Gasteiger partial charge in [0, 0.05) is 5.56 Å². The van der Waals surface area contributed by atoms with Crippen LogP contribution >= 0.6 is 23.8 Å². The standard InChI is InChI=1S/C11H13ClN2O4S2/c1-2-18-10(15)6-20(16,17)14-9-4-3-7(11(13)19)5-8(9)12/h3-5,14H,2,6H2,1H3,(H2,13,19). The van der Waals surface area contributed by atoms with Crippen LogP contribution in [0, 0.1) is 0 Å². The number of halogens is 1. The summed E-state index contributed by atoms with van der Waals surface area (Å²) in [6, 6.07) is 4.38. The fraction of sp³-hybridized carbons (Fsp3) is 0.273. The van der Waals surface area contributed by atoms with Crippen LogP contribution < -0.4 is 10.5 Å². The second kappa shape index (κ2) is 6.87. The minimum absolute atomic E-state index is 0.109. The van der Waals surface area contributed by atoms with Gasteiger partial charge in [0.05, 0.1) is 17.3 Å². The maximum atomic E-state index is 11.7. The Bertz CT molecular complexity index is 631. The highest BCUT2D eigenvalue weighted by Gasteiger charge is 2.18. The van der Waals surface area contributed by atoms with Crippen molar-refractivity contribution in [3.63, 3.8) is 0 Å². The number of carbonyl (C=O) groups is 1. The van der Waals surface area contributed by atoms with Crippen molar-refractivity contribution in [2.75, 3.05) is 17.1 Å². The van der Waals surface area contributed by atoms with Crippen LogP contribution in [0.4, 0.5) is 5.69 Å². The third-order valence-corrected chi connectivity index (χ3v) is 3.83. The van der Waals surface area contributed by atoms with Gasteiger partial charge in [0.25, 0.3) is 0 Å². The molecule has 0 radical (unpaired) electrons. The average Bonchev–Trinajstić information content (AvgIpc) is 2.30. The Labute approximate surface area is 127 Å². The lowest BCUT2D eigenvalue weighted by Crippen LogP contribution is -2.24. The summed E-state index contributed by atoms with van der Waals surface area (Å²) in [5.41, 5.74) is 6.08. The zero-order valence-electron chi connectivity index (χ0n) is 10.6. The maximum absolute atomic E-state index is 11.7. The molecule has 0 spiro atoms. The summed E-state index contributed by atoms with van der Waals surface area (Å²) in [5, 5.41) is 0.128. The molecule has 0 aliphatic heterocycles. The highest BCUT2D eigenvalue weighted by molar-refractivity contribution is 7.93. The number of nitrogens with two attached hydrogens (primary N) is 1. The van der Waals surface area contributed by atoms with Crippen LogP contribution in [0.3, 0.4) is 0 Å². The van der Waals surface area contributed by atoms with E-state index in [1.807, 2.05) is 0 Å². The van der Waals surface area contributed by atoms with E-state index in [0.29, 0.717) is 5.56 Å². The number of carbonyl (C=O) groups excluding carboxylic acids is 1.